The number of aromatic nitrogens is 1. The van der Waals surface area contributed by atoms with Crippen molar-refractivity contribution in [1.82, 2.24) is 9.88 Å². The molecule has 0 aliphatic carbocycles. The fraction of sp³-hybridized carbons (Fsp3) is 0.643. The Balaban J connectivity index is 1.71. The average Bonchev–Trinajstić information content (AvgIpc) is 2.38. The Labute approximate surface area is 111 Å². The van der Waals surface area contributed by atoms with Gasteiger partial charge in [-0.05, 0) is 56.0 Å². The van der Waals surface area contributed by atoms with Crippen LogP contribution in [0.25, 0.3) is 0 Å². The molecule has 0 atom stereocenters. The first kappa shape index (κ1) is 14.3. The Morgan fingerprint density at radius 1 is 1.16 bits per heavy atom. The average molecular weight is 272 g/mol. The number of nitrogens with zero attached hydrogens (tertiary/aromatic N) is 2. The van der Waals surface area contributed by atoms with Gasteiger partial charge in [0.25, 0.3) is 0 Å². The standard InChI is InChI=1S/C14H19F3N2/c15-14(16,17)5-10-19-8-3-13(4-9-19)11-12-1-6-18-7-2-12/h1-2,6-7,13H,3-5,8-11H2. The maximum atomic E-state index is 12.1. The van der Waals surface area contributed by atoms with Crippen LogP contribution in [-0.2, 0) is 6.42 Å². The highest BCUT2D eigenvalue weighted by Crippen LogP contribution is 2.24. The van der Waals surface area contributed by atoms with E-state index < -0.39 is 12.6 Å². The highest BCUT2D eigenvalue weighted by molar-refractivity contribution is 5.10. The number of rotatable bonds is 4. The Hall–Kier alpha value is -1.10. The Morgan fingerprint density at radius 3 is 2.37 bits per heavy atom. The van der Waals surface area contributed by atoms with Gasteiger partial charge in [0.2, 0.25) is 0 Å². The van der Waals surface area contributed by atoms with Crippen molar-refractivity contribution in [1.29, 1.82) is 0 Å². The summed E-state index contributed by atoms with van der Waals surface area (Å²) in [7, 11) is 0. The molecule has 1 fully saturated rings. The molecule has 0 aromatic carbocycles. The summed E-state index contributed by atoms with van der Waals surface area (Å²) in [6.45, 7) is 1.71. The first-order valence-corrected chi connectivity index (χ1v) is 6.71. The molecule has 0 amide bonds. The molecule has 1 aliphatic heterocycles. The van der Waals surface area contributed by atoms with Crippen LogP contribution in [0.1, 0.15) is 24.8 Å². The molecule has 1 aliphatic rings. The molecule has 2 heterocycles. The Morgan fingerprint density at radius 2 is 1.79 bits per heavy atom. The SMILES string of the molecule is FC(F)(F)CCN1CCC(Cc2ccncc2)CC1. The first-order valence-electron chi connectivity index (χ1n) is 6.71. The summed E-state index contributed by atoms with van der Waals surface area (Å²) in [5, 5.41) is 0. The lowest BCUT2D eigenvalue weighted by Gasteiger charge is -2.32. The quantitative estimate of drug-likeness (QED) is 0.836. The summed E-state index contributed by atoms with van der Waals surface area (Å²) >= 11 is 0. The highest BCUT2D eigenvalue weighted by atomic mass is 19.4. The van der Waals surface area contributed by atoms with Gasteiger partial charge in [0.05, 0.1) is 6.42 Å². The van der Waals surface area contributed by atoms with E-state index in [1.807, 2.05) is 17.0 Å². The highest BCUT2D eigenvalue weighted by Gasteiger charge is 2.29. The molecular weight excluding hydrogens is 253 g/mol. The van der Waals surface area contributed by atoms with Gasteiger partial charge in [-0.3, -0.25) is 4.98 Å². The second-order valence-electron chi connectivity index (χ2n) is 5.21. The second kappa shape index (κ2) is 6.37. The predicted molar refractivity (Wildman–Crippen MR) is 67.8 cm³/mol. The molecule has 1 aromatic heterocycles. The van der Waals surface area contributed by atoms with Crippen molar-refractivity contribution >= 4 is 0 Å². The van der Waals surface area contributed by atoms with Crippen molar-refractivity contribution in [3.05, 3.63) is 30.1 Å². The van der Waals surface area contributed by atoms with E-state index in [0.29, 0.717) is 5.92 Å². The number of pyridine rings is 1. The summed E-state index contributed by atoms with van der Waals surface area (Å²) in [6.07, 6.45) is 1.83. The molecule has 0 radical (unpaired) electrons. The summed E-state index contributed by atoms with van der Waals surface area (Å²) in [6, 6.07) is 4.02. The molecule has 106 valence electrons. The van der Waals surface area contributed by atoms with E-state index in [4.69, 9.17) is 0 Å². The monoisotopic (exact) mass is 272 g/mol. The van der Waals surface area contributed by atoms with Crippen molar-refractivity contribution in [2.75, 3.05) is 19.6 Å². The van der Waals surface area contributed by atoms with Crippen molar-refractivity contribution in [2.45, 2.75) is 31.9 Å². The third-order valence-corrected chi connectivity index (χ3v) is 3.69. The zero-order chi connectivity index (χ0) is 13.7. The lowest BCUT2D eigenvalue weighted by molar-refractivity contribution is -0.138. The van der Waals surface area contributed by atoms with Gasteiger partial charge < -0.3 is 4.90 Å². The Kier molecular flexibility index (Phi) is 4.80. The van der Waals surface area contributed by atoms with E-state index in [-0.39, 0.29) is 6.54 Å². The molecule has 19 heavy (non-hydrogen) atoms. The zero-order valence-electron chi connectivity index (χ0n) is 10.9. The number of piperidine rings is 1. The first-order chi connectivity index (χ1) is 9.03. The number of halogens is 3. The number of alkyl halides is 3. The van der Waals surface area contributed by atoms with Crippen LogP contribution in [0.3, 0.4) is 0 Å². The van der Waals surface area contributed by atoms with Gasteiger partial charge in [0.1, 0.15) is 0 Å². The fourth-order valence-corrected chi connectivity index (χ4v) is 2.55. The molecule has 2 nitrogen and oxygen atoms in total. The maximum absolute atomic E-state index is 12.1. The van der Waals surface area contributed by atoms with E-state index >= 15 is 0 Å². The van der Waals surface area contributed by atoms with Gasteiger partial charge in [0, 0.05) is 18.9 Å². The van der Waals surface area contributed by atoms with Crippen LogP contribution in [0.5, 0.6) is 0 Å². The van der Waals surface area contributed by atoms with Crippen LogP contribution in [0.2, 0.25) is 0 Å². The van der Waals surface area contributed by atoms with Crippen LogP contribution in [0.4, 0.5) is 13.2 Å². The summed E-state index contributed by atoms with van der Waals surface area (Å²) in [4.78, 5) is 5.91. The molecule has 0 N–H and O–H groups in total. The lowest BCUT2D eigenvalue weighted by atomic mass is 9.90. The molecule has 0 spiro atoms. The minimum atomic E-state index is -4.03. The third-order valence-electron chi connectivity index (χ3n) is 3.69. The van der Waals surface area contributed by atoms with Gasteiger partial charge in [-0.1, -0.05) is 0 Å². The van der Waals surface area contributed by atoms with E-state index in [1.54, 1.807) is 12.4 Å². The van der Waals surface area contributed by atoms with Gasteiger partial charge in [0.15, 0.2) is 0 Å². The lowest BCUT2D eigenvalue weighted by Crippen LogP contribution is -2.36. The van der Waals surface area contributed by atoms with Gasteiger partial charge in [-0.15, -0.1) is 0 Å². The van der Waals surface area contributed by atoms with Crippen molar-refractivity contribution < 1.29 is 13.2 Å². The van der Waals surface area contributed by atoms with E-state index in [1.165, 1.54) is 5.56 Å². The van der Waals surface area contributed by atoms with Gasteiger partial charge in [-0.25, -0.2) is 0 Å². The topological polar surface area (TPSA) is 16.1 Å². The van der Waals surface area contributed by atoms with Gasteiger partial charge in [-0.2, -0.15) is 13.2 Å². The fourth-order valence-electron chi connectivity index (χ4n) is 2.55. The minimum Gasteiger partial charge on any atom is -0.303 e. The van der Waals surface area contributed by atoms with E-state index in [0.717, 1.165) is 32.4 Å². The molecule has 1 saturated heterocycles. The van der Waals surface area contributed by atoms with Crippen LogP contribution < -0.4 is 0 Å². The molecule has 0 saturated carbocycles. The molecule has 1 aromatic rings. The van der Waals surface area contributed by atoms with Crippen molar-refractivity contribution in [2.24, 2.45) is 5.92 Å². The molecule has 0 bridgehead atoms. The van der Waals surface area contributed by atoms with Gasteiger partial charge >= 0.3 is 6.18 Å². The van der Waals surface area contributed by atoms with Crippen LogP contribution in [0, 0.1) is 5.92 Å². The number of likely N-dealkylation sites (tertiary alicyclic amines) is 1. The van der Waals surface area contributed by atoms with E-state index in [9.17, 15) is 13.2 Å². The maximum Gasteiger partial charge on any atom is 0.390 e. The second-order valence-corrected chi connectivity index (χ2v) is 5.21. The Bertz CT molecular complexity index is 370. The normalized spacial score (nSPS) is 18.7. The number of hydrogen-bond acceptors (Lipinski definition) is 2. The van der Waals surface area contributed by atoms with Crippen molar-refractivity contribution in [3.63, 3.8) is 0 Å². The smallest absolute Gasteiger partial charge is 0.303 e. The van der Waals surface area contributed by atoms with E-state index in [2.05, 4.69) is 4.98 Å². The molecule has 2 rings (SSSR count). The predicted octanol–water partition coefficient (Wildman–Crippen LogP) is 3.29. The van der Waals surface area contributed by atoms with Crippen molar-refractivity contribution in [3.8, 4) is 0 Å². The molecule has 5 heteroatoms. The minimum absolute atomic E-state index is 0.144. The summed E-state index contributed by atoms with van der Waals surface area (Å²) in [5.74, 6) is 0.588. The van der Waals surface area contributed by atoms with Crippen LogP contribution in [0.15, 0.2) is 24.5 Å². The number of hydrogen-bond donors (Lipinski definition) is 0. The third kappa shape index (κ3) is 5.19. The molecule has 0 unspecified atom stereocenters. The zero-order valence-corrected chi connectivity index (χ0v) is 10.9. The van der Waals surface area contributed by atoms with Crippen LogP contribution >= 0.6 is 0 Å². The molecular formula is C14H19F3N2. The van der Waals surface area contributed by atoms with Crippen LogP contribution in [-0.4, -0.2) is 35.7 Å². The summed E-state index contributed by atoms with van der Waals surface area (Å²) < 4.78 is 36.4. The summed E-state index contributed by atoms with van der Waals surface area (Å²) in [5.41, 5.74) is 1.27. The largest absolute Gasteiger partial charge is 0.390 e.